The molecule has 0 saturated heterocycles. The second kappa shape index (κ2) is 6.37. The van der Waals surface area contributed by atoms with Crippen LogP contribution in [-0.4, -0.2) is 23.5 Å². The van der Waals surface area contributed by atoms with E-state index in [0.717, 1.165) is 17.9 Å². The van der Waals surface area contributed by atoms with Crippen LogP contribution in [0.4, 0.5) is 0 Å². The van der Waals surface area contributed by atoms with E-state index in [4.69, 9.17) is 11.6 Å². The van der Waals surface area contributed by atoms with Crippen molar-refractivity contribution < 1.29 is 4.79 Å². The van der Waals surface area contributed by atoms with Crippen molar-refractivity contribution in [1.29, 1.82) is 0 Å². The highest BCUT2D eigenvalue weighted by molar-refractivity contribution is 6.30. The third-order valence-corrected chi connectivity index (χ3v) is 4.11. The van der Waals surface area contributed by atoms with E-state index in [0.29, 0.717) is 12.0 Å². The van der Waals surface area contributed by atoms with Crippen LogP contribution in [0, 0.1) is 0 Å². The normalized spacial score (nSPS) is 23.3. The Labute approximate surface area is 132 Å². The highest BCUT2D eigenvalue weighted by Gasteiger charge is 2.32. The van der Waals surface area contributed by atoms with Gasteiger partial charge in [-0.1, -0.05) is 23.7 Å². The Morgan fingerprint density at radius 3 is 2.33 bits per heavy atom. The summed E-state index contributed by atoms with van der Waals surface area (Å²) in [5.41, 5.74) is 1.16. The number of amides is 1. The van der Waals surface area contributed by atoms with Gasteiger partial charge in [0.25, 0.3) is 0 Å². The molecule has 1 unspecified atom stereocenters. The molecule has 0 radical (unpaired) electrons. The highest BCUT2D eigenvalue weighted by Crippen LogP contribution is 2.37. The van der Waals surface area contributed by atoms with Crippen molar-refractivity contribution in [3.8, 4) is 0 Å². The zero-order chi connectivity index (χ0) is 15.6. The number of hydrogen-bond acceptors (Lipinski definition) is 2. The van der Waals surface area contributed by atoms with Gasteiger partial charge in [0, 0.05) is 16.6 Å². The van der Waals surface area contributed by atoms with E-state index in [1.165, 1.54) is 5.56 Å². The van der Waals surface area contributed by atoms with Crippen LogP contribution in [0.2, 0.25) is 5.02 Å². The second-order valence-electron chi connectivity index (χ2n) is 7.04. The number of rotatable bonds is 4. The summed E-state index contributed by atoms with van der Waals surface area (Å²) in [4.78, 5) is 12.0. The molecule has 2 rings (SSSR count). The van der Waals surface area contributed by atoms with Crippen LogP contribution in [0.25, 0.3) is 0 Å². The molecule has 1 atom stereocenters. The van der Waals surface area contributed by atoms with Crippen molar-refractivity contribution in [2.24, 2.45) is 0 Å². The van der Waals surface area contributed by atoms with Crippen molar-refractivity contribution in [2.45, 2.75) is 64.1 Å². The van der Waals surface area contributed by atoms with Crippen LogP contribution in [0.3, 0.4) is 0 Å². The van der Waals surface area contributed by atoms with E-state index in [1.54, 1.807) is 0 Å². The fraction of sp³-hybridized carbons (Fsp3) is 0.588. The molecule has 4 heteroatoms. The summed E-state index contributed by atoms with van der Waals surface area (Å²) in [6.07, 6.45) is 2.16. The van der Waals surface area contributed by atoms with Gasteiger partial charge in [0.2, 0.25) is 5.91 Å². The lowest BCUT2D eigenvalue weighted by Gasteiger charge is -2.38. The van der Waals surface area contributed by atoms with Gasteiger partial charge in [0.1, 0.15) is 0 Å². The topological polar surface area (TPSA) is 41.1 Å². The Kier molecular flexibility index (Phi) is 4.95. The molecule has 1 saturated carbocycles. The van der Waals surface area contributed by atoms with Crippen molar-refractivity contribution in [1.82, 2.24) is 10.6 Å². The molecule has 1 aliphatic carbocycles. The summed E-state index contributed by atoms with van der Waals surface area (Å²) in [6, 6.07) is 8.35. The number of nitrogens with one attached hydrogen (secondary N) is 2. The average Bonchev–Trinajstić information content (AvgIpc) is 2.32. The molecule has 1 aromatic carbocycles. The molecular weight excluding hydrogens is 284 g/mol. The lowest BCUT2D eigenvalue weighted by molar-refractivity contribution is -0.124. The molecule has 116 valence electrons. The molecule has 21 heavy (non-hydrogen) atoms. The van der Waals surface area contributed by atoms with Gasteiger partial charge in [-0.15, -0.1) is 0 Å². The fourth-order valence-corrected chi connectivity index (χ4v) is 2.79. The van der Waals surface area contributed by atoms with Crippen LogP contribution in [0.5, 0.6) is 0 Å². The number of benzene rings is 1. The van der Waals surface area contributed by atoms with Gasteiger partial charge in [-0.3, -0.25) is 4.79 Å². The molecule has 1 aliphatic rings. The summed E-state index contributed by atoms with van der Waals surface area (Å²) in [7, 11) is 0. The first-order valence-electron chi connectivity index (χ1n) is 7.58. The predicted molar refractivity (Wildman–Crippen MR) is 87.7 cm³/mol. The third-order valence-electron chi connectivity index (χ3n) is 3.86. The molecule has 0 bridgehead atoms. The highest BCUT2D eigenvalue weighted by atomic mass is 35.5. The van der Waals surface area contributed by atoms with E-state index >= 15 is 0 Å². The first-order chi connectivity index (χ1) is 9.74. The summed E-state index contributed by atoms with van der Waals surface area (Å²) >= 11 is 5.91. The van der Waals surface area contributed by atoms with Crippen LogP contribution in [0.15, 0.2) is 24.3 Å². The lowest BCUT2D eigenvalue weighted by Crippen LogP contribution is -2.54. The fourth-order valence-electron chi connectivity index (χ4n) is 2.67. The number of carbonyl (C=O) groups excluding carboxylic acids is 1. The van der Waals surface area contributed by atoms with Crippen molar-refractivity contribution in [2.75, 3.05) is 0 Å². The van der Waals surface area contributed by atoms with E-state index < -0.39 is 0 Å². The largest absolute Gasteiger partial charge is 0.350 e. The Hall–Kier alpha value is -1.06. The Morgan fingerprint density at radius 2 is 1.81 bits per heavy atom. The van der Waals surface area contributed by atoms with E-state index in [9.17, 15) is 4.79 Å². The minimum Gasteiger partial charge on any atom is -0.350 e. The number of carbonyl (C=O) groups is 1. The van der Waals surface area contributed by atoms with Crippen LogP contribution in [0.1, 0.15) is 52.0 Å². The average molecular weight is 309 g/mol. The molecule has 0 aromatic heterocycles. The monoisotopic (exact) mass is 308 g/mol. The smallest absolute Gasteiger partial charge is 0.237 e. The predicted octanol–water partition coefficient (Wildman–Crippen LogP) is 3.48. The van der Waals surface area contributed by atoms with E-state index in [-0.39, 0.29) is 17.5 Å². The first-order valence-corrected chi connectivity index (χ1v) is 7.96. The standard InChI is InChI=1S/C17H25ClN2O/c1-11(16(21)20-17(2,3)4)19-15-9-13(10-15)12-5-7-14(18)8-6-12/h5-8,11,13,15,19H,9-10H2,1-4H3,(H,20,21). The minimum atomic E-state index is -0.182. The van der Waals surface area contributed by atoms with Crippen molar-refractivity contribution in [3.63, 3.8) is 0 Å². The first kappa shape index (κ1) is 16.3. The minimum absolute atomic E-state index is 0.0671. The summed E-state index contributed by atoms with van der Waals surface area (Å²) in [5.74, 6) is 0.648. The van der Waals surface area contributed by atoms with Gasteiger partial charge in [-0.05, 0) is 64.2 Å². The van der Waals surface area contributed by atoms with Gasteiger partial charge >= 0.3 is 0 Å². The molecule has 2 N–H and O–H groups in total. The maximum Gasteiger partial charge on any atom is 0.237 e. The van der Waals surface area contributed by atoms with E-state index in [1.807, 2.05) is 39.8 Å². The third kappa shape index (κ3) is 4.72. The molecule has 3 nitrogen and oxygen atoms in total. The second-order valence-corrected chi connectivity index (χ2v) is 7.48. The zero-order valence-electron chi connectivity index (χ0n) is 13.2. The van der Waals surface area contributed by atoms with Gasteiger partial charge in [0.15, 0.2) is 0 Å². The molecular formula is C17H25ClN2O. The maximum atomic E-state index is 12.0. The summed E-state index contributed by atoms with van der Waals surface area (Å²) < 4.78 is 0. The molecule has 0 aliphatic heterocycles. The van der Waals surface area contributed by atoms with Gasteiger partial charge in [0.05, 0.1) is 6.04 Å². The van der Waals surface area contributed by atoms with Crippen LogP contribution in [-0.2, 0) is 4.79 Å². The van der Waals surface area contributed by atoms with Gasteiger partial charge in [-0.25, -0.2) is 0 Å². The molecule has 0 heterocycles. The van der Waals surface area contributed by atoms with Crippen LogP contribution >= 0.6 is 11.6 Å². The molecule has 1 aromatic rings. The number of halogens is 1. The Balaban J connectivity index is 1.77. The van der Waals surface area contributed by atoms with Crippen LogP contribution < -0.4 is 10.6 Å². The van der Waals surface area contributed by atoms with Gasteiger partial charge < -0.3 is 10.6 Å². The molecule has 1 amide bonds. The van der Waals surface area contributed by atoms with Crippen molar-refractivity contribution in [3.05, 3.63) is 34.9 Å². The maximum absolute atomic E-state index is 12.0. The lowest BCUT2D eigenvalue weighted by atomic mass is 9.75. The van der Waals surface area contributed by atoms with Gasteiger partial charge in [-0.2, -0.15) is 0 Å². The van der Waals surface area contributed by atoms with E-state index in [2.05, 4.69) is 22.8 Å². The van der Waals surface area contributed by atoms with Crippen molar-refractivity contribution >= 4 is 17.5 Å². The Morgan fingerprint density at radius 1 is 1.24 bits per heavy atom. The zero-order valence-corrected chi connectivity index (χ0v) is 14.0. The quantitative estimate of drug-likeness (QED) is 0.894. The summed E-state index contributed by atoms with van der Waals surface area (Å²) in [5, 5.41) is 7.20. The Bertz CT molecular complexity index is 487. The SMILES string of the molecule is CC(NC1CC(c2ccc(Cl)cc2)C1)C(=O)NC(C)(C)C. The summed E-state index contributed by atoms with van der Waals surface area (Å²) in [6.45, 7) is 7.92. The molecule has 1 fully saturated rings. The molecule has 0 spiro atoms. The number of hydrogen-bond donors (Lipinski definition) is 2.